The third kappa shape index (κ3) is 4.44. The van der Waals surface area contributed by atoms with E-state index >= 15 is 0 Å². The first-order chi connectivity index (χ1) is 13.8. The van der Waals surface area contributed by atoms with Crippen LogP contribution in [0.4, 0.5) is 11.4 Å². The van der Waals surface area contributed by atoms with E-state index in [1.54, 1.807) is 19.3 Å². The molecular formula is C19H15BrN2O5S2. The minimum absolute atomic E-state index is 0.0544. The van der Waals surface area contributed by atoms with Gasteiger partial charge in [-0.25, -0.2) is 0 Å². The molecule has 1 saturated heterocycles. The van der Waals surface area contributed by atoms with Crippen molar-refractivity contribution < 1.29 is 19.2 Å². The Hall–Kier alpha value is -2.43. The summed E-state index contributed by atoms with van der Waals surface area (Å²) in [6.45, 7) is 2.34. The number of nitrogens with zero attached hydrogens (tertiary/aromatic N) is 2. The minimum Gasteiger partial charge on any atom is -0.492 e. The summed E-state index contributed by atoms with van der Waals surface area (Å²) in [6, 6.07) is 9.29. The fourth-order valence-corrected chi connectivity index (χ4v) is 4.62. The molecule has 1 heterocycles. The third-order valence-corrected chi connectivity index (χ3v) is 5.84. The van der Waals surface area contributed by atoms with Crippen LogP contribution in [0.15, 0.2) is 45.8 Å². The van der Waals surface area contributed by atoms with Crippen LogP contribution in [0.25, 0.3) is 6.08 Å². The summed E-state index contributed by atoms with van der Waals surface area (Å²) in [5.74, 6) is 0.836. The van der Waals surface area contributed by atoms with Crippen molar-refractivity contribution in [2.75, 3.05) is 18.6 Å². The van der Waals surface area contributed by atoms with Crippen LogP contribution in [0.2, 0.25) is 0 Å². The van der Waals surface area contributed by atoms with E-state index in [1.807, 2.05) is 13.0 Å². The molecule has 29 heavy (non-hydrogen) atoms. The first-order valence-electron chi connectivity index (χ1n) is 8.38. The van der Waals surface area contributed by atoms with Crippen molar-refractivity contribution in [1.29, 1.82) is 0 Å². The fourth-order valence-electron chi connectivity index (χ4n) is 2.70. The molecule has 2 aromatic carbocycles. The maximum absolute atomic E-state index is 12.9. The van der Waals surface area contributed by atoms with Crippen LogP contribution in [0.3, 0.4) is 0 Å². The topological polar surface area (TPSA) is 81.9 Å². The number of non-ortho nitro benzene ring substituents is 1. The van der Waals surface area contributed by atoms with Crippen molar-refractivity contribution in [3.05, 3.63) is 61.5 Å². The van der Waals surface area contributed by atoms with Crippen LogP contribution in [-0.4, -0.2) is 28.9 Å². The zero-order valence-electron chi connectivity index (χ0n) is 15.4. The molecule has 3 rings (SSSR count). The van der Waals surface area contributed by atoms with Gasteiger partial charge in [-0.15, -0.1) is 0 Å². The molecule has 0 bridgehead atoms. The normalized spacial score (nSPS) is 15.1. The van der Waals surface area contributed by atoms with Gasteiger partial charge in [0, 0.05) is 12.1 Å². The monoisotopic (exact) mass is 494 g/mol. The third-order valence-electron chi connectivity index (χ3n) is 3.95. The van der Waals surface area contributed by atoms with Crippen LogP contribution >= 0.6 is 39.9 Å². The van der Waals surface area contributed by atoms with Gasteiger partial charge in [-0.3, -0.25) is 19.8 Å². The summed E-state index contributed by atoms with van der Waals surface area (Å²) in [7, 11) is 1.55. The highest BCUT2D eigenvalue weighted by molar-refractivity contribution is 9.10. The van der Waals surface area contributed by atoms with Gasteiger partial charge in [0.2, 0.25) is 0 Å². The Morgan fingerprint density at radius 2 is 2.00 bits per heavy atom. The van der Waals surface area contributed by atoms with Crippen LogP contribution in [0, 0.1) is 10.1 Å². The standard InChI is InChI=1S/C19H15BrN2O5S2/c1-3-27-15-9-11(8-14(20)17(15)26-2)10-16-18(23)21(19(28)29-16)12-4-6-13(7-5-12)22(24)25/h4-10H,3H2,1-2H3/b16-10-. The molecule has 1 aliphatic rings. The van der Waals surface area contributed by atoms with E-state index in [2.05, 4.69) is 15.9 Å². The molecule has 1 aliphatic heterocycles. The number of thioether (sulfide) groups is 1. The number of rotatable bonds is 6. The Labute approximate surface area is 184 Å². The summed E-state index contributed by atoms with van der Waals surface area (Å²) in [6.07, 6.45) is 1.72. The van der Waals surface area contributed by atoms with Crippen molar-refractivity contribution in [1.82, 2.24) is 0 Å². The molecule has 1 amide bonds. The number of thiocarbonyl (C=S) groups is 1. The molecule has 150 valence electrons. The molecule has 0 unspecified atom stereocenters. The maximum atomic E-state index is 12.9. The molecule has 2 aromatic rings. The van der Waals surface area contributed by atoms with E-state index in [-0.39, 0.29) is 11.6 Å². The number of halogens is 1. The highest BCUT2D eigenvalue weighted by atomic mass is 79.9. The van der Waals surface area contributed by atoms with Crippen LogP contribution in [0.5, 0.6) is 11.5 Å². The first-order valence-corrected chi connectivity index (χ1v) is 10.4. The van der Waals surface area contributed by atoms with Crippen molar-refractivity contribution in [3.63, 3.8) is 0 Å². The number of anilines is 1. The number of methoxy groups -OCH3 is 1. The molecule has 0 N–H and O–H groups in total. The molecule has 0 saturated carbocycles. The predicted molar refractivity (Wildman–Crippen MR) is 121 cm³/mol. The van der Waals surface area contributed by atoms with Gasteiger partial charge in [-0.05, 0) is 58.8 Å². The summed E-state index contributed by atoms with van der Waals surface area (Å²) in [5, 5.41) is 10.8. The number of ether oxygens (including phenoxy) is 2. The van der Waals surface area contributed by atoms with E-state index < -0.39 is 4.92 Å². The highest BCUT2D eigenvalue weighted by Gasteiger charge is 2.33. The van der Waals surface area contributed by atoms with Crippen molar-refractivity contribution in [2.24, 2.45) is 0 Å². The lowest BCUT2D eigenvalue weighted by molar-refractivity contribution is -0.384. The lowest BCUT2D eigenvalue weighted by atomic mass is 10.1. The molecule has 10 heteroatoms. The van der Waals surface area contributed by atoms with Gasteiger partial charge in [0.1, 0.15) is 0 Å². The van der Waals surface area contributed by atoms with E-state index in [1.165, 1.54) is 29.2 Å². The largest absolute Gasteiger partial charge is 0.492 e. The molecule has 0 spiro atoms. The van der Waals surface area contributed by atoms with Gasteiger partial charge in [0.05, 0.1) is 33.7 Å². The minimum atomic E-state index is -0.495. The fraction of sp³-hybridized carbons (Fsp3) is 0.158. The van der Waals surface area contributed by atoms with Crippen molar-refractivity contribution >= 4 is 67.6 Å². The van der Waals surface area contributed by atoms with Gasteiger partial charge < -0.3 is 9.47 Å². The van der Waals surface area contributed by atoms with Crippen LogP contribution in [-0.2, 0) is 4.79 Å². The van der Waals surface area contributed by atoms with Crippen LogP contribution < -0.4 is 14.4 Å². The zero-order chi connectivity index (χ0) is 21.1. The lowest BCUT2D eigenvalue weighted by Gasteiger charge is -2.14. The van der Waals surface area contributed by atoms with Crippen molar-refractivity contribution in [2.45, 2.75) is 6.92 Å². The number of benzene rings is 2. The maximum Gasteiger partial charge on any atom is 0.270 e. The SMILES string of the molecule is CCOc1cc(/C=C2\SC(=S)N(c3ccc([N+](=O)[O-])cc3)C2=O)cc(Br)c1OC. The first kappa shape index (κ1) is 21.3. The second-order valence-electron chi connectivity index (χ2n) is 5.76. The van der Waals surface area contributed by atoms with Gasteiger partial charge in [-0.2, -0.15) is 0 Å². The number of nitro benzene ring substituents is 1. The Morgan fingerprint density at radius 1 is 1.31 bits per heavy atom. The number of carbonyl (C=O) groups is 1. The number of carbonyl (C=O) groups excluding carboxylic acids is 1. The number of hydrogen-bond donors (Lipinski definition) is 0. The summed E-state index contributed by atoms with van der Waals surface area (Å²) >= 11 is 9.97. The molecule has 7 nitrogen and oxygen atoms in total. The Morgan fingerprint density at radius 3 is 2.59 bits per heavy atom. The quantitative estimate of drug-likeness (QED) is 0.237. The smallest absolute Gasteiger partial charge is 0.270 e. The van der Waals surface area contributed by atoms with Gasteiger partial charge >= 0.3 is 0 Å². The summed E-state index contributed by atoms with van der Waals surface area (Å²) in [5.41, 5.74) is 1.17. The molecular weight excluding hydrogens is 480 g/mol. The average Bonchev–Trinajstić information content (AvgIpc) is 2.95. The van der Waals surface area contributed by atoms with E-state index in [4.69, 9.17) is 21.7 Å². The van der Waals surface area contributed by atoms with Crippen LogP contribution in [0.1, 0.15) is 12.5 Å². The number of nitro groups is 1. The van der Waals surface area contributed by atoms with E-state index in [9.17, 15) is 14.9 Å². The molecule has 0 atom stereocenters. The second kappa shape index (κ2) is 8.93. The Balaban J connectivity index is 1.93. The Bertz CT molecular complexity index is 1020. The molecule has 1 fully saturated rings. The zero-order valence-corrected chi connectivity index (χ0v) is 18.6. The number of amides is 1. The van der Waals surface area contributed by atoms with E-state index in [0.29, 0.717) is 37.5 Å². The molecule has 0 aromatic heterocycles. The van der Waals surface area contributed by atoms with Gasteiger partial charge in [-0.1, -0.05) is 24.0 Å². The van der Waals surface area contributed by atoms with E-state index in [0.717, 1.165) is 17.3 Å². The summed E-state index contributed by atoms with van der Waals surface area (Å²) in [4.78, 5) is 25.0. The summed E-state index contributed by atoms with van der Waals surface area (Å²) < 4.78 is 12.0. The Kier molecular flexibility index (Phi) is 6.56. The van der Waals surface area contributed by atoms with Gasteiger partial charge in [0.25, 0.3) is 11.6 Å². The second-order valence-corrected chi connectivity index (χ2v) is 8.29. The molecule has 0 radical (unpaired) electrons. The van der Waals surface area contributed by atoms with Gasteiger partial charge in [0.15, 0.2) is 15.8 Å². The predicted octanol–water partition coefficient (Wildman–Crippen LogP) is 5.17. The average molecular weight is 495 g/mol. The highest BCUT2D eigenvalue weighted by Crippen LogP contribution is 2.40. The molecule has 0 aliphatic carbocycles. The lowest BCUT2D eigenvalue weighted by Crippen LogP contribution is -2.27. The van der Waals surface area contributed by atoms with Crippen molar-refractivity contribution in [3.8, 4) is 11.5 Å². The number of hydrogen-bond acceptors (Lipinski definition) is 7.